The number of likely N-dealkylation sites (N-methyl/N-ethyl adjacent to an activating group) is 1. The highest BCUT2D eigenvalue weighted by Gasteiger charge is 2.05. The van der Waals surface area contributed by atoms with Gasteiger partial charge in [0.05, 0.1) is 6.54 Å². The van der Waals surface area contributed by atoms with Crippen LogP contribution in [0.1, 0.15) is 23.2 Å². The number of hydrogen-bond donors (Lipinski definition) is 2. The molecule has 0 aliphatic rings. The van der Waals surface area contributed by atoms with Crippen LogP contribution < -0.4 is 10.6 Å². The highest BCUT2D eigenvalue weighted by atomic mass is 127. The SMILES string of the molecule is CCOCCCNC(=NCC(=O)N(C)C)NCc1ncc(C)s1.I. The first-order valence-corrected chi connectivity index (χ1v) is 8.56. The minimum absolute atomic E-state index is 0. The maximum atomic E-state index is 11.7. The minimum Gasteiger partial charge on any atom is -0.382 e. The largest absolute Gasteiger partial charge is 0.382 e. The predicted molar refractivity (Wildman–Crippen MR) is 109 cm³/mol. The summed E-state index contributed by atoms with van der Waals surface area (Å²) in [5, 5.41) is 7.42. The fourth-order valence-electron chi connectivity index (χ4n) is 1.63. The Morgan fingerprint density at radius 2 is 2.17 bits per heavy atom. The first-order chi connectivity index (χ1) is 11.0. The molecule has 0 radical (unpaired) electrons. The van der Waals surface area contributed by atoms with E-state index in [2.05, 4.69) is 20.6 Å². The molecule has 1 amide bonds. The molecule has 0 bridgehead atoms. The van der Waals surface area contributed by atoms with Gasteiger partial charge in [-0.3, -0.25) is 4.79 Å². The lowest BCUT2D eigenvalue weighted by atomic mass is 10.4. The van der Waals surface area contributed by atoms with Gasteiger partial charge in [-0.2, -0.15) is 0 Å². The third-order valence-corrected chi connectivity index (χ3v) is 3.82. The summed E-state index contributed by atoms with van der Waals surface area (Å²) in [6, 6.07) is 0. The number of thiazole rings is 1. The van der Waals surface area contributed by atoms with Crippen molar-refractivity contribution >= 4 is 47.2 Å². The quantitative estimate of drug-likeness (QED) is 0.249. The zero-order chi connectivity index (χ0) is 17.1. The van der Waals surface area contributed by atoms with Crippen LogP contribution >= 0.6 is 35.3 Å². The van der Waals surface area contributed by atoms with Gasteiger partial charge in [-0.15, -0.1) is 35.3 Å². The second-order valence-electron chi connectivity index (χ2n) is 5.15. The number of rotatable bonds is 9. The lowest BCUT2D eigenvalue weighted by molar-refractivity contribution is -0.127. The molecule has 138 valence electrons. The molecule has 1 rings (SSSR count). The fraction of sp³-hybridized carbons (Fsp3) is 0.667. The van der Waals surface area contributed by atoms with Crippen LogP contribution in [0.3, 0.4) is 0 Å². The molecule has 1 heterocycles. The van der Waals surface area contributed by atoms with Crippen molar-refractivity contribution in [1.29, 1.82) is 0 Å². The summed E-state index contributed by atoms with van der Waals surface area (Å²) >= 11 is 1.64. The van der Waals surface area contributed by atoms with Crippen molar-refractivity contribution in [3.8, 4) is 0 Å². The molecule has 24 heavy (non-hydrogen) atoms. The number of amides is 1. The van der Waals surface area contributed by atoms with Crippen molar-refractivity contribution < 1.29 is 9.53 Å². The van der Waals surface area contributed by atoms with Gasteiger partial charge >= 0.3 is 0 Å². The number of aryl methyl sites for hydroxylation is 1. The number of hydrogen-bond acceptors (Lipinski definition) is 5. The van der Waals surface area contributed by atoms with Gasteiger partial charge in [0, 0.05) is 44.9 Å². The van der Waals surface area contributed by atoms with Crippen molar-refractivity contribution in [1.82, 2.24) is 20.5 Å². The Bertz CT molecular complexity index is 508. The fourth-order valence-corrected chi connectivity index (χ4v) is 2.36. The van der Waals surface area contributed by atoms with E-state index in [-0.39, 0.29) is 36.4 Å². The number of carbonyl (C=O) groups is 1. The van der Waals surface area contributed by atoms with E-state index >= 15 is 0 Å². The van der Waals surface area contributed by atoms with Gasteiger partial charge in [0.25, 0.3) is 0 Å². The van der Waals surface area contributed by atoms with E-state index in [1.54, 1.807) is 25.4 Å². The Kier molecular flexibility index (Phi) is 12.8. The summed E-state index contributed by atoms with van der Waals surface area (Å²) in [6.45, 7) is 6.87. The Morgan fingerprint density at radius 1 is 1.42 bits per heavy atom. The molecule has 0 unspecified atom stereocenters. The van der Waals surface area contributed by atoms with Crippen molar-refractivity contribution in [2.75, 3.05) is 40.4 Å². The topological polar surface area (TPSA) is 78.8 Å². The van der Waals surface area contributed by atoms with Gasteiger partial charge in [0.1, 0.15) is 11.6 Å². The lowest BCUT2D eigenvalue weighted by Crippen LogP contribution is -2.39. The van der Waals surface area contributed by atoms with E-state index < -0.39 is 0 Å². The summed E-state index contributed by atoms with van der Waals surface area (Å²) in [6.07, 6.45) is 2.73. The number of ether oxygens (including phenoxy) is 1. The molecule has 1 aromatic rings. The summed E-state index contributed by atoms with van der Waals surface area (Å²) in [5.41, 5.74) is 0. The van der Waals surface area contributed by atoms with Crippen LogP contribution in [0.4, 0.5) is 0 Å². The van der Waals surface area contributed by atoms with Crippen molar-refractivity contribution in [2.45, 2.75) is 26.8 Å². The first kappa shape index (κ1) is 23.1. The van der Waals surface area contributed by atoms with Gasteiger partial charge in [-0.1, -0.05) is 0 Å². The zero-order valence-corrected chi connectivity index (χ0v) is 17.9. The van der Waals surface area contributed by atoms with E-state index in [1.807, 2.05) is 20.0 Å². The van der Waals surface area contributed by atoms with Crippen LogP contribution in [-0.2, 0) is 16.1 Å². The Balaban J connectivity index is 0.00000529. The molecule has 0 saturated heterocycles. The number of halogens is 1. The van der Waals surface area contributed by atoms with E-state index in [9.17, 15) is 4.79 Å². The summed E-state index contributed by atoms with van der Waals surface area (Å²) in [4.78, 5) is 23.0. The van der Waals surface area contributed by atoms with Gasteiger partial charge < -0.3 is 20.3 Å². The second kappa shape index (κ2) is 13.4. The molecule has 9 heteroatoms. The monoisotopic (exact) mass is 469 g/mol. The number of nitrogens with zero attached hydrogens (tertiary/aromatic N) is 3. The van der Waals surface area contributed by atoms with Gasteiger partial charge in [0.2, 0.25) is 5.91 Å². The molecule has 1 aromatic heterocycles. The molecular formula is C15H28IN5O2S. The normalized spacial score (nSPS) is 10.9. The van der Waals surface area contributed by atoms with Gasteiger partial charge in [-0.25, -0.2) is 9.98 Å². The third kappa shape index (κ3) is 10.0. The second-order valence-corrected chi connectivity index (χ2v) is 6.47. The summed E-state index contributed by atoms with van der Waals surface area (Å²) in [5.74, 6) is 0.579. The highest BCUT2D eigenvalue weighted by Crippen LogP contribution is 2.10. The predicted octanol–water partition coefficient (Wildman–Crippen LogP) is 1.62. The van der Waals surface area contributed by atoms with Crippen molar-refractivity contribution in [3.05, 3.63) is 16.1 Å². The third-order valence-electron chi connectivity index (χ3n) is 2.91. The van der Waals surface area contributed by atoms with E-state index in [4.69, 9.17) is 4.74 Å². The van der Waals surface area contributed by atoms with Crippen molar-refractivity contribution in [3.63, 3.8) is 0 Å². The molecule has 0 fully saturated rings. The van der Waals surface area contributed by atoms with E-state index in [1.165, 1.54) is 9.78 Å². The van der Waals surface area contributed by atoms with Crippen LogP contribution in [0.15, 0.2) is 11.2 Å². The minimum atomic E-state index is -0.0366. The molecule has 0 atom stereocenters. The number of nitrogens with one attached hydrogen (secondary N) is 2. The summed E-state index contributed by atoms with van der Waals surface area (Å²) < 4.78 is 5.31. The Labute approximate surface area is 165 Å². The standard InChI is InChI=1S/C15H27N5O2S.HI/c1-5-22-8-6-7-16-15(19-11-14(21)20(3)4)18-10-13-17-9-12(2)23-13;/h9H,5-8,10-11H2,1-4H3,(H2,16,18,19);1H. The lowest BCUT2D eigenvalue weighted by Gasteiger charge is -2.13. The Hall–Kier alpha value is -0.940. The van der Waals surface area contributed by atoms with E-state index in [0.717, 1.165) is 24.6 Å². The van der Waals surface area contributed by atoms with Gasteiger partial charge in [0.15, 0.2) is 5.96 Å². The number of aromatic nitrogens is 1. The van der Waals surface area contributed by atoms with Crippen LogP contribution in [0.25, 0.3) is 0 Å². The number of carbonyl (C=O) groups excluding carboxylic acids is 1. The molecule has 0 spiro atoms. The smallest absolute Gasteiger partial charge is 0.243 e. The average Bonchev–Trinajstić information content (AvgIpc) is 2.94. The first-order valence-electron chi connectivity index (χ1n) is 7.74. The molecule has 0 aromatic carbocycles. The zero-order valence-electron chi connectivity index (χ0n) is 14.8. The highest BCUT2D eigenvalue weighted by molar-refractivity contribution is 14.0. The average molecular weight is 469 g/mol. The molecule has 0 saturated carbocycles. The maximum Gasteiger partial charge on any atom is 0.243 e. The molecular weight excluding hydrogens is 441 g/mol. The maximum absolute atomic E-state index is 11.7. The van der Waals surface area contributed by atoms with Crippen LogP contribution in [-0.4, -0.2) is 62.1 Å². The van der Waals surface area contributed by atoms with Crippen molar-refractivity contribution in [2.24, 2.45) is 4.99 Å². The van der Waals surface area contributed by atoms with Crippen LogP contribution in [0.5, 0.6) is 0 Å². The Morgan fingerprint density at radius 3 is 2.75 bits per heavy atom. The van der Waals surface area contributed by atoms with E-state index in [0.29, 0.717) is 19.1 Å². The molecule has 0 aliphatic carbocycles. The van der Waals surface area contributed by atoms with Gasteiger partial charge in [-0.05, 0) is 20.3 Å². The number of aliphatic imine (C=N–C) groups is 1. The summed E-state index contributed by atoms with van der Waals surface area (Å²) in [7, 11) is 3.44. The van der Waals surface area contributed by atoms with Crippen LogP contribution in [0.2, 0.25) is 0 Å². The molecule has 0 aliphatic heterocycles. The molecule has 7 nitrogen and oxygen atoms in total. The van der Waals surface area contributed by atoms with Crippen LogP contribution in [0, 0.1) is 6.92 Å². The number of guanidine groups is 1. The molecule has 2 N–H and O–H groups in total.